The van der Waals surface area contributed by atoms with Gasteiger partial charge in [0.15, 0.2) is 0 Å². The van der Waals surface area contributed by atoms with Gasteiger partial charge >= 0.3 is 5.97 Å². The van der Waals surface area contributed by atoms with Crippen LogP contribution >= 0.6 is 11.3 Å². The first-order valence-electron chi connectivity index (χ1n) is 6.34. The minimum absolute atomic E-state index is 0.0120. The first-order chi connectivity index (χ1) is 11.0. The minimum atomic E-state index is -3.90. The maximum atomic E-state index is 13.4. The van der Waals surface area contributed by atoms with Crippen molar-refractivity contribution < 1.29 is 22.3 Å². The molecule has 2 rings (SSSR count). The molecule has 0 unspecified atom stereocenters. The summed E-state index contributed by atoms with van der Waals surface area (Å²) in [7, 11) is -2.73. The Balaban J connectivity index is 2.11. The van der Waals surface area contributed by atoms with Crippen molar-refractivity contribution in [1.29, 1.82) is 0 Å². The fraction of sp³-hybridized carbons (Fsp3) is 0.133. The summed E-state index contributed by atoms with van der Waals surface area (Å²) in [6.45, 7) is -0.215. The summed E-state index contributed by atoms with van der Waals surface area (Å²) >= 11 is 0.968. The molecule has 23 heavy (non-hydrogen) atoms. The van der Waals surface area contributed by atoms with E-state index in [0.717, 1.165) is 11.3 Å². The number of methoxy groups -OCH3 is 1. The number of nitrogens with one attached hydrogen (secondary N) is 1. The van der Waals surface area contributed by atoms with Crippen molar-refractivity contribution in [3.05, 3.63) is 52.0 Å². The monoisotopic (exact) mass is 353 g/mol. The lowest BCUT2D eigenvalue weighted by molar-refractivity contribution is 0.0602. The van der Waals surface area contributed by atoms with Gasteiger partial charge in [-0.1, -0.05) is 24.0 Å². The van der Waals surface area contributed by atoms with Crippen LogP contribution in [0.5, 0.6) is 0 Å². The van der Waals surface area contributed by atoms with E-state index in [1.165, 1.54) is 36.8 Å². The van der Waals surface area contributed by atoms with Gasteiger partial charge < -0.3 is 4.74 Å². The van der Waals surface area contributed by atoms with Gasteiger partial charge in [0.05, 0.1) is 19.2 Å². The van der Waals surface area contributed by atoms with Crippen LogP contribution in [-0.4, -0.2) is 28.0 Å². The highest BCUT2D eigenvalue weighted by Gasteiger charge is 2.23. The predicted octanol–water partition coefficient (Wildman–Crippen LogP) is 2.00. The molecule has 0 saturated carbocycles. The van der Waals surface area contributed by atoms with Crippen LogP contribution in [0.2, 0.25) is 0 Å². The van der Waals surface area contributed by atoms with Gasteiger partial charge in [-0.15, -0.1) is 11.3 Å². The van der Waals surface area contributed by atoms with Crippen molar-refractivity contribution in [1.82, 2.24) is 4.72 Å². The molecule has 0 saturated heterocycles. The van der Waals surface area contributed by atoms with Crippen molar-refractivity contribution in [3.8, 4) is 11.8 Å². The Morgan fingerprint density at radius 2 is 2.09 bits per heavy atom. The molecule has 1 heterocycles. The lowest BCUT2D eigenvalue weighted by Gasteiger charge is -2.04. The molecule has 1 aromatic heterocycles. The van der Waals surface area contributed by atoms with E-state index in [0.29, 0.717) is 0 Å². The number of rotatable bonds is 4. The number of esters is 1. The topological polar surface area (TPSA) is 72.5 Å². The number of hydrogen-bond acceptors (Lipinski definition) is 5. The quantitative estimate of drug-likeness (QED) is 0.674. The highest BCUT2D eigenvalue weighted by atomic mass is 32.2. The molecule has 120 valence electrons. The van der Waals surface area contributed by atoms with Crippen molar-refractivity contribution in [2.24, 2.45) is 0 Å². The van der Waals surface area contributed by atoms with Gasteiger partial charge in [-0.25, -0.2) is 17.6 Å². The Hall–Kier alpha value is -2.21. The zero-order chi connectivity index (χ0) is 16.9. The van der Waals surface area contributed by atoms with E-state index in [-0.39, 0.29) is 21.9 Å². The lowest BCUT2D eigenvalue weighted by atomic mass is 10.2. The zero-order valence-corrected chi connectivity index (χ0v) is 13.6. The second-order valence-electron chi connectivity index (χ2n) is 4.21. The van der Waals surface area contributed by atoms with Crippen LogP contribution in [0.15, 0.2) is 40.6 Å². The summed E-state index contributed by atoms with van der Waals surface area (Å²) in [5.41, 5.74) is 0.178. The Morgan fingerprint density at radius 1 is 1.35 bits per heavy atom. The highest BCUT2D eigenvalue weighted by molar-refractivity contribution is 7.89. The van der Waals surface area contributed by atoms with Crippen LogP contribution in [0.25, 0.3) is 0 Å². The number of hydrogen-bond donors (Lipinski definition) is 1. The van der Waals surface area contributed by atoms with Crippen LogP contribution in [0, 0.1) is 17.7 Å². The molecule has 0 atom stereocenters. The molecule has 0 spiro atoms. The molecule has 5 nitrogen and oxygen atoms in total. The van der Waals surface area contributed by atoms with Crippen LogP contribution in [0.1, 0.15) is 15.2 Å². The van der Waals surface area contributed by atoms with Crippen LogP contribution in [0.4, 0.5) is 4.39 Å². The number of carbonyl (C=O) groups excluding carboxylic acids is 1. The molecule has 1 aromatic carbocycles. The van der Waals surface area contributed by atoms with E-state index < -0.39 is 21.8 Å². The van der Waals surface area contributed by atoms with Gasteiger partial charge in [0, 0.05) is 0 Å². The van der Waals surface area contributed by atoms with Crippen LogP contribution in [-0.2, 0) is 14.8 Å². The van der Waals surface area contributed by atoms with Gasteiger partial charge in [0.2, 0.25) is 10.0 Å². The second kappa shape index (κ2) is 7.37. The average molecular weight is 353 g/mol. The largest absolute Gasteiger partial charge is 0.465 e. The highest BCUT2D eigenvalue weighted by Crippen LogP contribution is 2.22. The molecule has 0 aliphatic rings. The Labute approximate surface area is 137 Å². The fourth-order valence-electron chi connectivity index (χ4n) is 1.66. The van der Waals surface area contributed by atoms with Crippen LogP contribution in [0.3, 0.4) is 0 Å². The maximum Gasteiger partial charge on any atom is 0.349 e. The number of carbonyl (C=O) groups is 1. The smallest absolute Gasteiger partial charge is 0.349 e. The van der Waals surface area contributed by atoms with Crippen LogP contribution < -0.4 is 4.72 Å². The molecule has 0 aliphatic carbocycles. The third-order valence-corrected chi connectivity index (χ3v) is 5.20. The molecular weight excluding hydrogens is 341 g/mol. The van der Waals surface area contributed by atoms with Gasteiger partial charge in [-0.2, -0.15) is 4.72 Å². The third-order valence-electron chi connectivity index (χ3n) is 2.74. The number of benzene rings is 1. The molecular formula is C15H12FNO4S2. The summed E-state index contributed by atoms with van der Waals surface area (Å²) < 4.78 is 44.5. The molecule has 0 fully saturated rings. The minimum Gasteiger partial charge on any atom is -0.465 e. The number of thiophene rings is 1. The number of ether oxygens (including phenoxy) is 1. The molecule has 0 bridgehead atoms. The van der Waals surface area contributed by atoms with Crippen molar-refractivity contribution in [2.45, 2.75) is 4.90 Å². The van der Waals surface area contributed by atoms with E-state index >= 15 is 0 Å². The van der Waals surface area contributed by atoms with E-state index in [1.54, 1.807) is 6.07 Å². The molecule has 0 amide bonds. The summed E-state index contributed by atoms with van der Waals surface area (Å²) in [5.74, 6) is 3.87. The maximum absolute atomic E-state index is 13.4. The first-order valence-corrected chi connectivity index (χ1v) is 8.71. The standard InChI is InChI=1S/C15H12FNO4S2/c1-21-15(18)14-13(8-10-22-14)23(19,20)17-9-4-6-11-5-2-3-7-12(11)16/h2-3,5,7-8,10,17H,9H2,1H3. The second-order valence-corrected chi connectivity index (χ2v) is 6.86. The van der Waals surface area contributed by atoms with E-state index in [1.807, 2.05) is 0 Å². The lowest BCUT2D eigenvalue weighted by Crippen LogP contribution is -2.25. The summed E-state index contributed by atoms with van der Waals surface area (Å²) in [5, 5.41) is 1.48. The van der Waals surface area contributed by atoms with Gasteiger partial charge in [0.25, 0.3) is 0 Å². The number of halogens is 1. The SMILES string of the molecule is COC(=O)c1sccc1S(=O)(=O)NCC#Cc1ccccc1F. The molecule has 2 aromatic rings. The molecule has 0 aliphatic heterocycles. The number of sulfonamides is 1. The normalized spacial score (nSPS) is 10.7. The van der Waals surface area contributed by atoms with Gasteiger partial charge in [-0.3, -0.25) is 0 Å². The van der Waals surface area contributed by atoms with Crippen molar-refractivity contribution in [3.63, 3.8) is 0 Å². The van der Waals surface area contributed by atoms with Crippen molar-refractivity contribution in [2.75, 3.05) is 13.7 Å². The Bertz CT molecular complexity index is 878. The zero-order valence-electron chi connectivity index (χ0n) is 12.0. The Morgan fingerprint density at radius 3 is 2.78 bits per heavy atom. The molecule has 1 N–H and O–H groups in total. The van der Waals surface area contributed by atoms with E-state index in [9.17, 15) is 17.6 Å². The van der Waals surface area contributed by atoms with Crippen molar-refractivity contribution >= 4 is 27.3 Å². The third kappa shape index (κ3) is 4.16. The summed E-state index contributed by atoms with van der Waals surface area (Å²) in [4.78, 5) is 11.3. The predicted molar refractivity (Wildman–Crippen MR) is 84.1 cm³/mol. The van der Waals surface area contributed by atoms with Gasteiger partial charge in [-0.05, 0) is 23.6 Å². The molecule has 0 radical (unpaired) electrons. The molecule has 8 heteroatoms. The van der Waals surface area contributed by atoms with Gasteiger partial charge in [0.1, 0.15) is 15.6 Å². The first kappa shape index (κ1) is 17.1. The fourth-order valence-corrected chi connectivity index (χ4v) is 3.92. The van der Waals surface area contributed by atoms with E-state index in [4.69, 9.17) is 0 Å². The van der Waals surface area contributed by atoms with E-state index in [2.05, 4.69) is 21.3 Å². The Kier molecular flexibility index (Phi) is 5.50. The summed E-state index contributed by atoms with van der Waals surface area (Å²) in [6.07, 6.45) is 0. The summed E-state index contributed by atoms with van der Waals surface area (Å²) in [6, 6.07) is 7.23. The average Bonchev–Trinajstić information content (AvgIpc) is 3.03.